The normalized spacial score (nSPS) is 9.18. The minimum absolute atomic E-state index is 0.403. The fraction of sp³-hybridized carbons (Fsp3) is 0.143. The van der Waals surface area contributed by atoms with Crippen LogP contribution in [0.5, 0.6) is 5.75 Å². The zero-order valence-electron chi connectivity index (χ0n) is 6.07. The van der Waals surface area contributed by atoms with E-state index in [9.17, 15) is 4.79 Å². The number of aromatic nitrogens is 1. The van der Waals surface area contributed by atoms with E-state index in [1.54, 1.807) is 25.3 Å². The Labute approximate surface area is 64.0 Å². The van der Waals surface area contributed by atoms with Gasteiger partial charge in [-0.15, -0.1) is 0 Å². The van der Waals surface area contributed by atoms with Gasteiger partial charge >= 0.3 is 6.09 Å². The molecular formula is C7H8N2O2. The smallest absolute Gasteiger partial charge is 0.409 e. The van der Waals surface area contributed by atoms with Gasteiger partial charge in [0.1, 0.15) is 0 Å². The van der Waals surface area contributed by atoms with Crippen LogP contribution in [-0.4, -0.2) is 11.1 Å². The molecule has 4 nitrogen and oxygen atoms in total. The summed E-state index contributed by atoms with van der Waals surface area (Å²) in [6.07, 6.45) is 0.796. The Morgan fingerprint density at radius 2 is 2.45 bits per heavy atom. The van der Waals surface area contributed by atoms with E-state index in [1.807, 2.05) is 0 Å². The molecule has 0 atom stereocenters. The zero-order chi connectivity index (χ0) is 8.27. The summed E-state index contributed by atoms with van der Waals surface area (Å²) in [6, 6.07) is 3.30. The molecule has 0 saturated heterocycles. The highest BCUT2D eigenvalue weighted by atomic mass is 16.5. The number of amides is 1. The van der Waals surface area contributed by atoms with Gasteiger partial charge in [0.2, 0.25) is 0 Å². The predicted octanol–water partition coefficient (Wildman–Crippen LogP) is 0.848. The van der Waals surface area contributed by atoms with Gasteiger partial charge < -0.3 is 10.5 Å². The van der Waals surface area contributed by atoms with Crippen molar-refractivity contribution in [1.82, 2.24) is 4.98 Å². The van der Waals surface area contributed by atoms with Crippen LogP contribution < -0.4 is 10.5 Å². The van der Waals surface area contributed by atoms with Crippen molar-refractivity contribution in [3.05, 3.63) is 24.0 Å². The third-order valence-electron chi connectivity index (χ3n) is 1.17. The number of primary amides is 1. The summed E-state index contributed by atoms with van der Waals surface area (Å²) in [7, 11) is 0. The van der Waals surface area contributed by atoms with Crippen LogP contribution in [-0.2, 0) is 0 Å². The summed E-state index contributed by atoms with van der Waals surface area (Å²) in [4.78, 5) is 14.2. The Balaban J connectivity index is 2.86. The van der Waals surface area contributed by atoms with Crippen molar-refractivity contribution < 1.29 is 9.53 Å². The monoisotopic (exact) mass is 152 g/mol. The molecule has 4 heteroatoms. The molecule has 0 radical (unpaired) electrons. The quantitative estimate of drug-likeness (QED) is 0.648. The first-order valence-corrected chi connectivity index (χ1v) is 3.09. The van der Waals surface area contributed by atoms with Crippen LogP contribution in [0.3, 0.4) is 0 Å². The summed E-state index contributed by atoms with van der Waals surface area (Å²) in [5, 5.41) is 0. The molecule has 11 heavy (non-hydrogen) atoms. The number of ether oxygens (including phenoxy) is 1. The minimum atomic E-state index is -0.818. The second-order valence-electron chi connectivity index (χ2n) is 2.01. The lowest BCUT2D eigenvalue weighted by Gasteiger charge is -2.01. The van der Waals surface area contributed by atoms with Gasteiger partial charge in [-0.25, -0.2) is 4.79 Å². The first-order valence-electron chi connectivity index (χ1n) is 3.09. The Kier molecular flexibility index (Phi) is 2.06. The first-order chi connectivity index (χ1) is 5.20. The highest BCUT2D eigenvalue weighted by molar-refractivity contribution is 5.68. The van der Waals surface area contributed by atoms with E-state index in [0.717, 1.165) is 0 Å². The molecular weight excluding hydrogens is 144 g/mol. The standard InChI is InChI=1S/C7H8N2O2/c1-5-6(11-7(8)10)3-2-4-9-5/h2-4H,1H3,(H2,8,10). The van der Waals surface area contributed by atoms with Crippen LogP contribution in [0.2, 0.25) is 0 Å². The van der Waals surface area contributed by atoms with E-state index < -0.39 is 6.09 Å². The molecule has 1 heterocycles. The molecule has 1 amide bonds. The van der Waals surface area contributed by atoms with Crippen molar-refractivity contribution >= 4 is 6.09 Å². The first kappa shape index (κ1) is 7.53. The van der Waals surface area contributed by atoms with Crippen molar-refractivity contribution in [2.75, 3.05) is 0 Å². The van der Waals surface area contributed by atoms with Gasteiger partial charge in [0.05, 0.1) is 5.69 Å². The van der Waals surface area contributed by atoms with E-state index >= 15 is 0 Å². The van der Waals surface area contributed by atoms with Crippen LogP contribution in [0.4, 0.5) is 4.79 Å². The Morgan fingerprint density at radius 3 is 3.00 bits per heavy atom. The summed E-state index contributed by atoms with van der Waals surface area (Å²) >= 11 is 0. The molecule has 0 unspecified atom stereocenters. The molecule has 1 aromatic rings. The van der Waals surface area contributed by atoms with E-state index in [-0.39, 0.29) is 0 Å². The van der Waals surface area contributed by atoms with Crippen LogP contribution in [0.15, 0.2) is 18.3 Å². The number of carbonyl (C=O) groups is 1. The SMILES string of the molecule is Cc1ncccc1OC(N)=O. The molecule has 0 aliphatic heterocycles. The number of rotatable bonds is 1. The molecule has 1 rings (SSSR count). The van der Waals surface area contributed by atoms with Gasteiger partial charge in [-0.2, -0.15) is 0 Å². The molecule has 0 saturated carbocycles. The fourth-order valence-electron chi connectivity index (χ4n) is 0.686. The van der Waals surface area contributed by atoms with E-state index in [0.29, 0.717) is 11.4 Å². The van der Waals surface area contributed by atoms with Gasteiger partial charge in [0, 0.05) is 6.20 Å². The number of carbonyl (C=O) groups excluding carboxylic acids is 1. The topological polar surface area (TPSA) is 65.2 Å². The Morgan fingerprint density at radius 1 is 1.73 bits per heavy atom. The summed E-state index contributed by atoms with van der Waals surface area (Å²) in [5.74, 6) is 0.403. The highest BCUT2D eigenvalue weighted by Crippen LogP contribution is 2.12. The van der Waals surface area contributed by atoms with Crippen molar-refractivity contribution in [2.45, 2.75) is 6.92 Å². The second-order valence-corrected chi connectivity index (χ2v) is 2.01. The van der Waals surface area contributed by atoms with Crippen molar-refractivity contribution in [3.8, 4) is 5.75 Å². The highest BCUT2D eigenvalue weighted by Gasteiger charge is 2.01. The lowest BCUT2D eigenvalue weighted by atomic mass is 10.3. The number of hydrogen-bond acceptors (Lipinski definition) is 3. The number of pyridine rings is 1. The molecule has 1 aromatic heterocycles. The summed E-state index contributed by atoms with van der Waals surface area (Å²) in [5.41, 5.74) is 5.45. The zero-order valence-corrected chi connectivity index (χ0v) is 6.07. The second kappa shape index (κ2) is 3.01. The fourth-order valence-corrected chi connectivity index (χ4v) is 0.686. The summed E-state index contributed by atoms with van der Waals surface area (Å²) < 4.78 is 4.62. The molecule has 58 valence electrons. The maximum Gasteiger partial charge on any atom is 0.410 e. The minimum Gasteiger partial charge on any atom is -0.409 e. The molecule has 0 aliphatic rings. The molecule has 0 fully saturated rings. The van der Waals surface area contributed by atoms with Crippen LogP contribution in [0, 0.1) is 6.92 Å². The van der Waals surface area contributed by atoms with Gasteiger partial charge in [-0.05, 0) is 19.1 Å². The summed E-state index contributed by atoms with van der Waals surface area (Å²) in [6.45, 7) is 1.73. The molecule has 0 bridgehead atoms. The number of nitrogens with zero attached hydrogens (tertiary/aromatic N) is 1. The van der Waals surface area contributed by atoms with Crippen LogP contribution in [0.1, 0.15) is 5.69 Å². The van der Waals surface area contributed by atoms with Gasteiger partial charge in [-0.3, -0.25) is 4.98 Å². The maximum atomic E-state index is 10.3. The van der Waals surface area contributed by atoms with Crippen LogP contribution in [0.25, 0.3) is 0 Å². The Hall–Kier alpha value is -1.58. The van der Waals surface area contributed by atoms with Crippen LogP contribution >= 0.6 is 0 Å². The average molecular weight is 152 g/mol. The third-order valence-corrected chi connectivity index (χ3v) is 1.17. The van der Waals surface area contributed by atoms with Gasteiger partial charge in [0.25, 0.3) is 0 Å². The predicted molar refractivity (Wildman–Crippen MR) is 39.2 cm³/mol. The lowest BCUT2D eigenvalue weighted by Crippen LogP contribution is -2.16. The lowest BCUT2D eigenvalue weighted by molar-refractivity contribution is 0.210. The average Bonchev–Trinajstić information content (AvgIpc) is 1.93. The molecule has 0 aliphatic carbocycles. The number of aryl methyl sites for hydroxylation is 1. The van der Waals surface area contributed by atoms with Gasteiger partial charge in [0.15, 0.2) is 5.75 Å². The Bertz CT molecular complexity index is 273. The van der Waals surface area contributed by atoms with E-state index in [1.165, 1.54) is 0 Å². The third kappa shape index (κ3) is 1.93. The van der Waals surface area contributed by atoms with Crippen molar-refractivity contribution in [1.29, 1.82) is 0 Å². The molecule has 2 N–H and O–H groups in total. The molecule has 0 aromatic carbocycles. The largest absolute Gasteiger partial charge is 0.410 e. The molecule has 0 spiro atoms. The van der Waals surface area contributed by atoms with Gasteiger partial charge in [-0.1, -0.05) is 0 Å². The number of hydrogen-bond donors (Lipinski definition) is 1. The maximum absolute atomic E-state index is 10.3. The van der Waals surface area contributed by atoms with Crippen molar-refractivity contribution in [2.24, 2.45) is 5.73 Å². The van der Waals surface area contributed by atoms with Crippen molar-refractivity contribution in [3.63, 3.8) is 0 Å². The van der Waals surface area contributed by atoms with E-state index in [2.05, 4.69) is 9.72 Å². The number of nitrogens with two attached hydrogens (primary N) is 1. The van der Waals surface area contributed by atoms with E-state index in [4.69, 9.17) is 5.73 Å².